The van der Waals surface area contributed by atoms with E-state index in [0.29, 0.717) is 15.8 Å². The van der Waals surface area contributed by atoms with Crippen molar-refractivity contribution >= 4 is 33.9 Å². The van der Waals surface area contributed by atoms with E-state index >= 15 is 0 Å². The van der Waals surface area contributed by atoms with Gasteiger partial charge in [0.15, 0.2) is 11.5 Å². The zero-order chi connectivity index (χ0) is 22.3. The summed E-state index contributed by atoms with van der Waals surface area (Å²) in [4.78, 5) is 24.3. The number of nitriles is 1. The molecule has 0 aliphatic heterocycles. The predicted molar refractivity (Wildman–Crippen MR) is 111 cm³/mol. The lowest BCUT2D eigenvalue weighted by molar-refractivity contribution is -0.135. The van der Waals surface area contributed by atoms with Gasteiger partial charge in [-0.1, -0.05) is 12.1 Å². The molecule has 0 saturated heterocycles. The molecule has 2 aromatic rings. The van der Waals surface area contributed by atoms with Crippen LogP contribution in [0.1, 0.15) is 15.9 Å². The zero-order valence-corrected chi connectivity index (χ0v) is 18.2. The molecule has 0 aliphatic carbocycles. The number of methoxy groups -OCH3 is 4. The molecule has 0 radical (unpaired) electrons. The SMILES string of the molecule is COC(=O)/C(C#N)=C/c1cccc(OC(=O)c2cc(OC)c(OC)c(OC)c2Br)c1. The summed E-state index contributed by atoms with van der Waals surface area (Å²) >= 11 is 3.33. The molecular weight excluding hydrogens is 458 g/mol. The second kappa shape index (κ2) is 10.3. The van der Waals surface area contributed by atoms with Crippen molar-refractivity contribution in [2.24, 2.45) is 0 Å². The summed E-state index contributed by atoms with van der Waals surface area (Å²) in [6.45, 7) is 0. The minimum atomic E-state index is -0.763. The smallest absolute Gasteiger partial charge is 0.348 e. The Balaban J connectivity index is 2.39. The van der Waals surface area contributed by atoms with Gasteiger partial charge >= 0.3 is 11.9 Å². The zero-order valence-electron chi connectivity index (χ0n) is 16.6. The molecule has 0 N–H and O–H groups in total. The van der Waals surface area contributed by atoms with E-state index in [0.717, 1.165) is 0 Å². The number of hydrogen-bond acceptors (Lipinski definition) is 8. The van der Waals surface area contributed by atoms with Crippen LogP contribution in [0, 0.1) is 11.3 Å². The van der Waals surface area contributed by atoms with Crippen molar-refractivity contribution < 1.29 is 33.3 Å². The quantitative estimate of drug-likeness (QED) is 0.258. The predicted octanol–water partition coefficient (Wildman–Crippen LogP) is 3.77. The Hall–Kier alpha value is -3.51. The third-order valence-corrected chi connectivity index (χ3v) is 4.68. The summed E-state index contributed by atoms with van der Waals surface area (Å²) in [7, 11) is 5.50. The number of halogens is 1. The normalized spacial score (nSPS) is 10.6. The standard InChI is InChI=1S/C21H18BrNO7/c1-26-16-10-15(17(22)19(28-3)18(16)27-2)21(25)30-14-7-5-6-12(9-14)8-13(11-23)20(24)29-4/h5-10H,1-4H3/b13-8+. The molecule has 0 unspecified atom stereocenters. The summed E-state index contributed by atoms with van der Waals surface area (Å²) in [6.07, 6.45) is 1.33. The highest BCUT2D eigenvalue weighted by atomic mass is 79.9. The van der Waals surface area contributed by atoms with Gasteiger partial charge in [0.05, 0.1) is 38.5 Å². The second-order valence-corrected chi connectivity index (χ2v) is 6.42. The van der Waals surface area contributed by atoms with Gasteiger partial charge in [-0.05, 0) is 45.8 Å². The van der Waals surface area contributed by atoms with E-state index in [-0.39, 0.29) is 28.4 Å². The Morgan fingerprint density at radius 3 is 2.30 bits per heavy atom. The number of nitrogens with zero attached hydrogens (tertiary/aromatic N) is 1. The molecular formula is C21H18BrNO7. The van der Waals surface area contributed by atoms with E-state index in [1.54, 1.807) is 24.3 Å². The van der Waals surface area contributed by atoms with E-state index in [2.05, 4.69) is 20.7 Å². The number of ether oxygens (including phenoxy) is 5. The first-order chi connectivity index (χ1) is 14.4. The van der Waals surface area contributed by atoms with Crippen LogP contribution in [0.4, 0.5) is 0 Å². The molecule has 8 nitrogen and oxygen atoms in total. The number of benzene rings is 2. The molecule has 0 heterocycles. The maximum atomic E-state index is 12.8. The van der Waals surface area contributed by atoms with Crippen LogP contribution in [0.3, 0.4) is 0 Å². The fraction of sp³-hybridized carbons (Fsp3) is 0.190. The molecule has 2 rings (SSSR count). The summed E-state index contributed by atoms with van der Waals surface area (Å²) in [5, 5.41) is 9.08. The van der Waals surface area contributed by atoms with Crippen LogP contribution in [0.5, 0.6) is 23.0 Å². The first-order valence-electron chi connectivity index (χ1n) is 8.40. The van der Waals surface area contributed by atoms with Crippen molar-refractivity contribution in [1.82, 2.24) is 0 Å². The van der Waals surface area contributed by atoms with Crippen molar-refractivity contribution in [2.45, 2.75) is 0 Å². The fourth-order valence-corrected chi connectivity index (χ4v) is 3.13. The molecule has 2 aromatic carbocycles. The Labute approximate surface area is 181 Å². The molecule has 0 amide bonds. The molecule has 0 aromatic heterocycles. The molecule has 156 valence electrons. The van der Waals surface area contributed by atoms with Crippen LogP contribution in [0.25, 0.3) is 6.08 Å². The Morgan fingerprint density at radius 2 is 1.73 bits per heavy atom. The molecule has 0 bridgehead atoms. The number of rotatable bonds is 7. The number of carbonyl (C=O) groups excluding carboxylic acids is 2. The molecule has 0 saturated carbocycles. The van der Waals surface area contributed by atoms with E-state index in [9.17, 15) is 9.59 Å². The highest BCUT2D eigenvalue weighted by Crippen LogP contribution is 2.44. The highest BCUT2D eigenvalue weighted by molar-refractivity contribution is 9.10. The van der Waals surface area contributed by atoms with Crippen LogP contribution < -0.4 is 18.9 Å². The molecule has 0 atom stereocenters. The first kappa shape index (κ1) is 22.8. The first-order valence-corrected chi connectivity index (χ1v) is 9.20. The van der Waals surface area contributed by atoms with Gasteiger partial charge < -0.3 is 23.7 Å². The monoisotopic (exact) mass is 475 g/mol. The number of hydrogen-bond donors (Lipinski definition) is 0. The van der Waals surface area contributed by atoms with E-state index in [1.165, 1.54) is 46.6 Å². The molecule has 9 heteroatoms. The van der Waals surface area contributed by atoms with Crippen molar-refractivity contribution in [3.05, 3.63) is 51.5 Å². The highest BCUT2D eigenvalue weighted by Gasteiger charge is 2.24. The average molecular weight is 476 g/mol. The number of esters is 2. The molecule has 0 spiro atoms. The maximum absolute atomic E-state index is 12.8. The van der Waals surface area contributed by atoms with Crippen molar-refractivity contribution in [3.8, 4) is 29.1 Å². The van der Waals surface area contributed by atoms with Gasteiger partial charge in [0.2, 0.25) is 5.75 Å². The molecule has 0 fully saturated rings. The minimum absolute atomic E-state index is 0.151. The summed E-state index contributed by atoms with van der Waals surface area (Å²) in [5.74, 6) is -0.355. The average Bonchev–Trinajstić information content (AvgIpc) is 2.76. The second-order valence-electron chi connectivity index (χ2n) is 5.63. The Morgan fingerprint density at radius 1 is 1.03 bits per heavy atom. The van der Waals surface area contributed by atoms with Gasteiger partial charge in [0, 0.05) is 0 Å². The van der Waals surface area contributed by atoms with Crippen LogP contribution >= 0.6 is 15.9 Å². The van der Waals surface area contributed by atoms with E-state index in [4.69, 9.17) is 24.2 Å². The fourth-order valence-electron chi connectivity index (χ4n) is 2.51. The van der Waals surface area contributed by atoms with Gasteiger partial charge in [-0.15, -0.1) is 0 Å². The Bertz CT molecular complexity index is 1040. The van der Waals surface area contributed by atoms with Crippen LogP contribution in [-0.2, 0) is 9.53 Å². The van der Waals surface area contributed by atoms with Crippen molar-refractivity contribution in [1.29, 1.82) is 5.26 Å². The van der Waals surface area contributed by atoms with E-state index in [1.807, 2.05) is 0 Å². The van der Waals surface area contributed by atoms with Crippen LogP contribution in [-0.4, -0.2) is 40.4 Å². The molecule has 30 heavy (non-hydrogen) atoms. The lowest BCUT2D eigenvalue weighted by Crippen LogP contribution is -2.11. The van der Waals surface area contributed by atoms with Crippen LogP contribution in [0.2, 0.25) is 0 Å². The summed E-state index contributed by atoms with van der Waals surface area (Å²) in [6, 6.07) is 9.55. The van der Waals surface area contributed by atoms with Gasteiger partial charge in [0.25, 0.3) is 0 Å². The lowest BCUT2D eigenvalue weighted by Gasteiger charge is -2.16. The lowest BCUT2D eigenvalue weighted by atomic mass is 10.1. The summed E-state index contributed by atoms with van der Waals surface area (Å²) in [5.41, 5.74) is 0.442. The van der Waals surface area contributed by atoms with Gasteiger partial charge in [-0.25, -0.2) is 9.59 Å². The van der Waals surface area contributed by atoms with Crippen molar-refractivity contribution in [3.63, 3.8) is 0 Å². The summed E-state index contributed by atoms with van der Waals surface area (Å²) < 4.78 is 26.2. The van der Waals surface area contributed by atoms with Crippen molar-refractivity contribution in [2.75, 3.05) is 28.4 Å². The topological polar surface area (TPSA) is 104 Å². The number of carbonyl (C=O) groups is 2. The van der Waals surface area contributed by atoms with Gasteiger partial charge in [-0.2, -0.15) is 5.26 Å². The molecule has 0 aliphatic rings. The van der Waals surface area contributed by atoms with E-state index < -0.39 is 11.9 Å². The maximum Gasteiger partial charge on any atom is 0.348 e. The van der Waals surface area contributed by atoms with Crippen LogP contribution in [0.15, 0.2) is 40.4 Å². The largest absolute Gasteiger partial charge is 0.493 e. The Kier molecular flexibility index (Phi) is 7.83. The third kappa shape index (κ3) is 4.90. The third-order valence-electron chi connectivity index (χ3n) is 3.89. The van der Waals surface area contributed by atoms with Gasteiger partial charge in [0.1, 0.15) is 17.4 Å². The van der Waals surface area contributed by atoms with Gasteiger partial charge in [-0.3, -0.25) is 0 Å². The minimum Gasteiger partial charge on any atom is -0.493 e.